The van der Waals surface area contributed by atoms with Crippen LogP contribution in [0.4, 0.5) is 0 Å². The third kappa shape index (κ3) is 5.09. The van der Waals surface area contributed by atoms with Crippen LogP contribution in [0.2, 0.25) is 0 Å². The SMILES string of the molecule is C=CCCCN(C)S(=O)(=O)C(C)CNCC. The molecule has 0 aliphatic heterocycles. The zero-order valence-corrected chi connectivity index (χ0v) is 11.4. The standard InChI is InChI=1S/C11H24N2O2S/c1-5-7-8-9-13(4)16(14,15)11(3)10-12-6-2/h5,11-12H,1,6-10H2,2-4H3. The first-order valence-electron chi connectivity index (χ1n) is 5.73. The van der Waals surface area contributed by atoms with Gasteiger partial charge in [0, 0.05) is 20.1 Å². The zero-order chi connectivity index (χ0) is 12.6. The van der Waals surface area contributed by atoms with E-state index >= 15 is 0 Å². The lowest BCUT2D eigenvalue weighted by Crippen LogP contribution is -2.40. The van der Waals surface area contributed by atoms with E-state index in [1.54, 1.807) is 14.0 Å². The van der Waals surface area contributed by atoms with Crippen molar-refractivity contribution in [3.8, 4) is 0 Å². The third-order valence-corrected chi connectivity index (χ3v) is 4.74. The molecule has 96 valence electrons. The van der Waals surface area contributed by atoms with E-state index in [4.69, 9.17) is 0 Å². The molecular formula is C11H24N2O2S. The van der Waals surface area contributed by atoms with Crippen LogP contribution in [0.15, 0.2) is 12.7 Å². The van der Waals surface area contributed by atoms with E-state index in [-0.39, 0.29) is 5.25 Å². The molecular weight excluding hydrogens is 224 g/mol. The van der Waals surface area contributed by atoms with Crippen LogP contribution in [0.3, 0.4) is 0 Å². The molecule has 0 aliphatic carbocycles. The molecule has 0 aliphatic rings. The summed E-state index contributed by atoms with van der Waals surface area (Å²) < 4.78 is 25.4. The molecule has 16 heavy (non-hydrogen) atoms. The Kier molecular flexibility index (Phi) is 7.62. The van der Waals surface area contributed by atoms with Gasteiger partial charge in [-0.15, -0.1) is 6.58 Å². The maximum absolute atomic E-state index is 12.0. The van der Waals surface area contributed by atoms with Crippen LogP contribution in [0.25, 0.3) is 0 Å². The Morgan fingerprint density at radius 2 is 2.12 bits per heavy atom. The first-order valence-corrected chi connectivity index (χ1v) is 7.23. The van der Waals surface area contributed by atoms with Crippen molar-refractivity contribution in [3.63, 3.8) is 0 Å². The van der Waals surface area contributed by atoms with Gasteiger partial charge in [-0.1, -0.05) is 13.0 Å². The number of allylic oxidation sites excluding steroid dienone is 1. The lowest BCUT2D eigenvalue weighted by atomic mass is 10.3. The molecule has 1 unspecified atom stereocenters. The summed E-state index contributed by atoms with van der Waals surface area (Å²) >= 11 is 0. The van der Waals surface area contributed by atoms with Gasteiger partial charge in [-0.05, 0) is 26.3 Å². The van der Waals surface area contributed by atoms with Crippen molar-refractivity contribution in [2.75, 3.05) is 26.7 Å². The largest absolute Gasteiger partial charge is 0.316 e. The molecule has 0 saturated heterocycles. The predicted molar refractivity (Wildman–Crippen MR) is 69.0 cm³/mol. The van der Waals surface area contributed by atoms with Gasteiger partial charge in [0.05, 0.1) is 5.25 Å². The average molecular weight is 248 g/mol. The molecule has 0 radical (unpaired) electrons. The van der Waals surface area contributed by atoms with Crippen molar-refractivity contribution in [1.29, 1.82) is 0 Å². The van der Waals surface area contributed by atoms with Crippen LogP contribution in [0.5, 0.6) is 0 Å². The van der Waals surface area contributed by atoms with E-state index in [1.807, 2.05) is 13.0 Å². The van der Waals surface area contributed by atoms with Gasteiger partial charge in [0.2, 0.25) is 10.0 Å². The zero-order valence-electron chi connectivity index (χ0n) is 10.6. The van der Waals surface area contributed by atoms with Crippen molar-refractivity contribution in [3.05, 3.63) is 12.7 Å². The van der Waals surface area contributed by atoms with Gasteiger partial charge in [-0.2, -0.15) is 0 Å². The Hall–Kier alpha value is -0.390. The Labute approximate surface area is 99.8 Å². The molecule has 0 rings (SSSR count). The van der Waals surface area contributed by atoms with Gasteiger partial charge < -0.3 is 5.32 Å². The maximum atomic E-state index is 12.0. The summed E-state index contributed by atoms with van der Waals surface area (Å²) in [4.78, 5) is 0. The molecule has 1 atom stereocenters. The van der Waals surface area contributed by atoms with Crippen molar-refractivity contribution >= 4 is 10.0 Å². The van der Waals surface area contributed by atoms with E-state index in [0.29, 0.717) is 13.1 Å². The summed E-state index contributed by atoms with van der Waals surface area (Å²) in [6.45, 7) is 9.18. The van der Waals surface area contributed by atoms with Crippen molar-refractivity contribution in [2.45, 2.75) is 31.9 Å². The Balaban J connectivity index is 4.23. The fourth-order valence-electron chi connectivity index (χ4n) is 1.35. The molecule has 0 heterocycles. The predicted octanol–water partition coefficient (Wildman–Crippen LogP) is 1.21. The van der Waals surface area contributed by atoms with E-state index in [2.05, 4.69) is 11.9 Å². The number of nitrogens with one attached hydrogen (secondary N) is 1. The van der Waals surface area contributed by atoms with Crippen LogP contribution in [-0.4, -0.2) is 44.7 Å². The summed E-state index contributed by atoms with van der Waals surface area (Å²) in [5, 5.41) is 2.68. The van der Waals surface area contributed by atoms with E-state index in [1.165, 1.54) is 4.31 Å². The van der Waals surface area contributed by atoms with Crippen LogP contribution >= 0.6 is 0 Å². The highest BCUT2D eigenvalue weighted by Crippen LogP contribution is 2.07. The second-order valence-electron chi connectivity index (χ2n) is 3.92. The molecule has 0 bridgehead atoms. The summed E-state index contributed by atoms with van der Waals surface area (Å²) in [6, 6.07) is 0. The Bertz CT molecular complexity index is 288. The van der Waals surface area contributed by atoms with Gasteiger partial charge in [-0.25, -0.2) is 12.7 Å². The third-order valence-electron chi connectivity index (χ3n) is 2.51. The molecule has 0 saturated carbocycles. The smallest absolute Gasteiger partial charge is 0.217 e. The number of hydrogen-bond donors (Lipinski definition) is 1. The quantitative estimate of drug-likeness (QED) is 0.493. The Morgan fingerprint density at radius 1 is 1.50 bits per heavy atom. The second-order valence-corrected chi connectivity index (χ2v) is 6.37. The van der Waals surface area contributed by atoms with Crippen molar-refractivity contribution in [2.24, 2.45) is 0 Å². The van der Waals surface area contributed by atoms with Gasteiger partial charge in [-0.3, -0.25) is 0 Å². The van der Waals surface area contributed by atoms with Gasteiger partial charge >= 0.3 is 0 Å². The number of nitrogens with zero attached hydrogens (tertiary/aromatic N) is 1. The van der Waals surface area contributed by atoms with Crippen molar-refractivity contribution < 1.29 is 8.42 Å². The molecule has 1 N–H and O–H groups in total. The van der Waals surface area contributed by atoms with Crippen LogP contribution < -0.4 is 5.32 Å². The summed E-state index contributed by atoms with van der Waals surface area (Å²) in [7, 11) is -1.52. The first-order chi connectivity index (χ1) is 7.46. The number of sulfonamides is 1. The first kappa shape index (κ1) is 15.6. The highest BCUT2D eigenvalue weighted by molar-refractivity contribution is 7.89. The molecule has 0 spiro atoms. The minimum Gasteiger partial charge on any atom is -0.316 e. The lowest BCUT2D eigenvalue weighted by Gasteiger charge is -2.21. The van der Waals surface area contributed by atoms with E-state index in [9.17, 15) is 8.42 Å². The molecule has 0 aromatic rings. The van der Waals surface area contributed by atoms with E-state index < -0.39 is 10.0 Å². The molecule has 4 nitrogen and oxygen atoms in total. The van der Waals surface area contributed by atoms with Crippen molar-refractivity contribution in [1.82, 2.24) is 9.62 Å². The molecule has 0 amide bonds. The normalized spacial score (nSPS) is 14.0. The molecule has 0 aromatic carbocycles. The summed E-state index contributed by atoms with van der Waals surface area (Å²) in [6.07, 6.45) is 3.48. The number of rotatable bonds is 9. The number of unbranched alkanes of at least 4 members (excludes halogenated alkanes) is 1. The lowest BCUT2D eigenvalue weighted by molar-refractivity contribution is 0.451. The Morgan fingerprint density at radius 3 is 2.62 bits per heavy atom. The van der Waals surface area contributed by atoms with E-state index in [0.717, 1.165) is 19.4 Å². The fraction of sp³-hybridized carbons (Fsp3) is 0.818. The monoisotopic (exact) mass is 248 g/mol. The molecule has 0 fully saturated rings. The second kappa shape index (κ2) is 7.81. The maximum Gasteiger partial charge on any atom is 0.217 e. The van der Waals surface area contributed by atoms with Gasteiger partial charge in [0.25, 0.3) is 0 Å². The fourth-order valence-corrected chi connectivity index (χ4v) is 2.67. The van der Waals surface area contributed by atoms with Crippen LogP contribution in [0, 0.1) is 0 Å². The molecule has 0 aromatic heterocycles. The highest BCUT2D eigenvalue weighted by atomic mass is 32.2. The summed E-state index contributed by atoms with van der Waals surface area (Å²) in [5.41, 5.74) is 0. The molecule has 5 heteroatoms. The highest BCUT2D eigenvalue weighted by Gasteiger charge is 2.24. The van der Waals surface area contributed by atoms with Crippen LogP contribution in [-0.2, 0) is 10.0 Å². The minimum atomic E-state index is -3.16. The average Bonchev–Trinajstić information content (AvgIpc) is 2.25. The summed E-state index contributed by atoms with van der Waals surface area (Å²) in [5.74, 6) is 0. The topological polar surface area (TPSA) is 49.4 Å². The van der Waals surface area contributed by atoms with Gasteiger partial charge in [0.15, 0.2) is 0 Å². The van der Waals surface area contributed by atoms with Crippen LogP contribution in [0.1, 0.15) is 26.7 Å². The minimum absolute atomic E-state index is 0.374. The number of hydrogen-bond acceptors (Lipinski definition) is 3. The van der Waals surface area contributed by atoms with Gasteiger partial charge in [0.1, 0.15) is 0 Å².